The van der Waals surface area contributed by atoms with Gasteiger partial charge in [0.1, 0.15) is 5.70 Å². The van der Waals surface area contributed by atoms with Crippen LogP contribution in [0.15, 0.2) is 53.9 Å². The first-order chi connectivity index (χ1) is 13.3. The van der Waals surface area contributed by atoms with E-state index < -0.39 is 17.4 Å². The lowest BCUT2D eigenvalue weighted by Gasteiger charge is -2.33. The molecule has 1 aromatic rings. The van der Waals surface area contributed by atoms with E-state index in [0.29, 0.717) is 12.2 Å². The Kier molecular flexibility index (Phi) is 5.09. The third kappa shape index (κ3) is 3.19. The summed E-state index contributed by atoms with van der Waals surface area (Å²) in [6, 6.07) is 5.60. The summed E-state index contributed by atoms with van der Waals surface area (Å²) >= 11 is 0. The summed E-state index contributed by atoms with van der Waals surface area (Å²) in [5.74, 6) is -1.39. The van der Waals surface area contributed by atoms with E-state index in [4.69, 9.17) is 9.47 Å². The number of nitrogens with one attached hydrogen (secondary N) is 1. The first-order valence-corrected chi connectivity index (χ1v) is 8.78. The third-order valence-corrected chi connectivity index (χ3v) is 4.94. The predicted molar refractivity (Wildman–Crippen MR) is 103 cm³/mol. The maximum atomic E-state index is 12.5. The van der Waals surface area contributed by atoms with Crippen molar-refractivity contribution in [3.8, 4) is 0 Å². The number of esters is 2. The highest BCUT2D eigenvalue weighted by molar-refractivity contribution is 6.05. The van der Waals surface area contributed by atoms with Crippen molar-refractivity contribution in [1.82, 2.24) is 5.32 Å². The van der Waals surface area contributed by atoms with Crippen molar-refractivity contribution < 1.29 is 23.9 Å². The van der Waals surface area contributed by atoms with Gasteiger partial charge in [-0.2, -0.15) is 0 Å². The minimum Gasteiger partial charge on any atom is -0.465 e. The number of hydrogen-bond donors (Lipinski definition) is 1. The van der Waals surface area contributed by atoms with Gasteiger partial charge in [0.25, 0.3) is 0 Å². The van der Waals surface area contributed by atoms with Crippen LogP contribution in [0.4, 0.5) is 5.69 Å². The van der Waals surface area contributed by atoms with Gasteiger partial charge in [-0.3, -0.25) is 4.79 Å². The predicted octanol–water partition coefficient (Wildman–Crippen LogP) is 2.08. The van der Waals surface area contributed by atoms with Crippen molar-refractivity contribution in [2.45, 2.75) is 25.8 Å². The van der Waals surface area contributed by atoms with Crippen molar-refractivity contribution in [1.29, 1.82) is 0 Å². The smallest absolute Gasteiger partial charge is 0.355 e. The first-order valence-electron chi connectivity index (χ1n) is 8.78. The second kappa shape index (κ2) is 7.34. The van der Waals surface area contributed by atoms with Crippen LogP contribution in [-0.4, -0.2) is 32.1 Å². The molecule has 0 saturated heterocycles. The highest BCUT2D eigenvalue weighted by Gasteiger charge is 2.36. The lowest BCUT2D eigenvalue weighted by Crippen LogP contribution is -2.44. The number of carbonyl (C=O) groups excluding carboxylic acids is 3. The van der Waals surface area contributed by atoms with Crippen molar-refractivity contribution in [2.75, 3.05) is 19.1 Å². The SMILES string of the molecule is COC(=O)C1=C(C(=O)OC)N(c2ccc3c(c2)C(C)(C)C(=O)NC3)C=CC=C1. The van der Waals surface area contributed by atoms with Gasteiger partial charge in [-0.25, -0.2) is 9.59 Å². The highest BCUT2D eigenvalue weighted by Crippen LogP contribution is 2.35. The molecule has 1 N–H and O–H groups in total. The molecule has 0 aliphatic carbocycles. The maximum Gasteiger partial charge on any atom is 0.355 e. The fourth-order valence-corrected chi connectivity index (χ4v) is 3.33. The molecule has 2 aliphatic rings. The average molecular weight is 382 g/mol. The van der Waals surface area contributed by atoms with E-state index in [-0.39, 0.29) is 17.2 Å². The molecular formula is C21H22N2O5. The highest BCUT2D eigenvalue weighted by atomic mass is 16.5. The van der Waals surface area contributed by atoms with Crippen LogP contribution >= 0.6 is 0 Å². The molecule has 7 nitrogen and oxygen atoms in total. The summed E-state index contributed by atoms with van der Waals surface area (Å²) in [5, 5.41) is 2.88. The van der Waals surface area contributed by atoms with Crippen LogP contribution in [0.5, 0.6) is 0 Å². The molecule has 0 radical (unpaired) electrons. The van der Waals surface area contributed by atoms with Gasteiger partial charge in [0.15, 0.2) is 0 Å². The number of rotatable bonds is 3. The molecule has 1 aromatic carbocycles. The molecule has 0 unspecified atom stereocenters. The third-order valence-electron chi connectivity index (χ3n) is 4.94. The molecule has 1 amide bonds. The first kappa shape index (κ1) is 19.4. The number of nitrogens with zero attached hydrogens (tertiary/aromatic N) is 1. The van der Waals surface area contributed by atoms with Gasteiger partial charge < -0.3 is 19.7 Å². The largest absolute Gasteiger partial charge is 0.465 e. The van der Waals surface area contributed by atoms with Crippen LogP contribution in [0, 0.1) is 0 Å². The molecule has 0 saturated carbocycles. The van der Waals surface area contributed by atoms with Gasteiger partial charge >= 0.3 is 11.9 Å². The monoisotopic (exact) mass is 382 g/mol. The number of ether oxygens (including phenoxy) is 2. The zero-order valence-electron chi connectivity index (χ0n) is 16.2. The Hall–Kier alpha value is -3.35. The standard InChI is InChI=1S/C21H22N2O5/c1-21(2)16-11-14(9-8-13(16)12-22-20(21)26)23-10-6-5-7-15(18(24)27-3)17(23)19(25)28-4/h5-11H,12H2,1-4H3,(H,22,26). The van der Waals surface area contributed by atoms with Gasteiger partial charge in [-0.15, -0.1) is 0 Å². The summed E-state index contributed by atoms with van der Waals surface area (Å²) in [4.78, 5) is 38.7. The zero-order chi connectivity index (χ0) is 20.5. The molecule has 2 aliphatic heterocycles. The molecule has 0 atom stereocenters. The summed E-state index contributed by atoms with van der Waals surface area (Å²) in [6.07, 6.45) is 6.52. The summed E-state index contributed by atoms with van der Waals surface area (Å²) < 4.78 is 9.74. The minimum atomic E-state index is -0.724. The molecule has 2 heterocycles. The molecule has 28 heavy (non-hydrogen) atoms. The van der Waals surface area contributed by atoms with Crippen molar-refractivity contribution >= 4 is 23.5 Å². The maximum absolute atomic E-state index is 12.5. The Labute approximate surface area is 163 Å². The van der Waals surface area contributed by atoms with E-state index in [2.05, 4.69) is 5.32 Å². The zero-order valence-corrected chi connectivity index (χ0v) is 16.2. The van der Waals surface area contributed by atoms with E-state index in [1.54, 1.807) is 23.3 Å². The van der Waals surface area contributed by atoms with Crippen LogP contribution in [0.1, 0.15) is 25.0 Å². The Morgan fingerprint density at radius 2 is 1.82 bits per heavy atom. The summed E-state index contributed by atoms with van der Waals surface area (Å²) in [7, 11) is 2.50. The normalized spacial score (nSPS) is 17.6. The van der Waals surface area contributed by atoms with E-state index >= 15 is 0 Å². The Morgan fingerprint density at radius 3 is 2.50 bits per heavy atom. The van der Waals surface area contributed by atoms with E-state index in [1.807, 2.05) is 32.0 Å². The Bertz CT molecular complexity index is 940. The van der Waals surface area contributed by atoms with Crippen LogP contribution < -0.4 is 10.2 Å². The fourth-order valence-electron chi connectivity index (χ4n) is 3.33. The molecule has 7 heteroatoms. The lowest BCUT2D eigenvalue weighted by molar-refractivity contribution is -0.139. The van der Waals surface area contributed by atoms with Gasteiger partial charge in [0.2, 0.25) is 5.91 Å². The van der Waals surface area contributed by atoms with E-state index in [0.717, 1.165) is 11.1 Å². The van der Waals surface area contributed by atoms with E-state index in [9.17, 15) is 14.4 Å². The number of carbonyl (C=O) groups is 3. The Balaban J connectivity index is 2.19. The lowest BCUT2D eigenvalue weighted by atomic mass is 9.78. The number of fused-ring (bicyclic) bond motifs is 1. The molecule has 0 spiro atoms. The van der Waals surface area contributed by atoms with Crippen LogP contribution in [0.2, 0.25) is 0 Å². The number of benzene rings is 1. The molecular weight excluding hydrogens is 360 g/mol. The van der Waals surface area contributed by atoms with Crippen molar-refractivity contribution in [3.63, 3.8) is 0 Å². The molecule has 0 fully saturated rings. The van der Waals surface area contributed by atoms with Gasteiger partial charge in [-0.05, 0) is 49.3 Å². The van der Waals surface area contributed by atoms with E-state index in [1.165, 1.54) is 20.3 Å². The molecule has 0 bridgehead atoms. The number of amides is 1. The van der Waals surface area contributed by atoms with Crippen LogP contribution in [0.25, 0.3) is 0 Å². The van der Waals surface area contributed by atoms with Gasteiger partial charge in [-0.1, -0.05) is 12.1 Å². The number of methoxy groups -OCH3 is 2. The topological polar surface area (TPSA) is 84.9 Å². The van der Waals surface area contributed by atoms with Gasteiger partial charge in [0.05, 0.1) is 25.2 Å². The number of hydrogen-bond acceptors (Lipinski definition) is 6. The number of anilines is 1. The second-order valence-electron chi connectivity index (χ2n) is 6.97. The Morgan fingerprint density at radius 1 is 1.11 bits per heavy atom. The quantitative estimate of drug-likeness (QED) is 0.806. The number of allylic oxidation sites excluding steroid dienone is 2. The van der Waals surface area contributed by atoms with Gasteiger partial charge in [0, 0.05) is 18.4 Å². The van der Waals surface area contributed by atoms with Crippen molar-refractivity contribution in [3.05, 3.63) is 65.0 Å². The average Bonchev–Trinajstić information content (AvgIpc) is 2.92. The van der Waals surface area contributed by atoms with Crippen LogP contribution in [0.3, 0.4) is 0 Å². The molecule has 146 valence electrons. The second-order valence-corrected chi connectivity index (χ2v) is 6.97. The fraction of sp³-hybridized carbons (Fsp3) is 0.286. The minimum absolute atomic E-state index is 0.0392. The summed E-state index contributed by atoms with van der Waals surface area (Å²) in [5.41, 5.74) is 1.89. The van der Waals surface area contributed by atoms with Crippen LogP contribution in [-0.2, 0) is 35.8 Å². The molecule has 3 rings (SSSR count). The molecule has 0 aromatic heterocycles. The van der Waals surface area contributed by atoms with Crippen molar-refractivity contribution in [2.24, 2.45) is 0 Å². The summed E-state index contributed by atoms with van der Waals surface area (Å²) in [6.45, 7) is 4.14.